The molecule has 0 aliphatic rings. The van der Waals surface area contributed by atoms with Crippen molar-refractivity contribution in [3.8, 4) is 23.0 Å². The number of rotatable bonds is 7. The van der Waals surface area contributed by atoms with Gasteiger partial charge in [-0.1, -0.05) is 11.6 Å². The average molecular weight is 393 g/mol. The number of aromatic nitrogens is 5. The minimum Gasteiger partial charge on any atom is -0.480 e. The van der Waals surface area contributed by atoms with E-state index in [0.717, 1.165) is 6.07 Å². The molecule has 2 aromatic heterocycles. The minimum absolute atomic E-state index is 0.175. The highest BCUT2D eigenvalue weighted by Gasteiger charge is 2.13. The lowest BCUT2D eigenvalue weighted by Crippen LogP contribution is -2.31. The number of carboxylic acids is 1. The molecular weight excluding hydrogens is 379 g/mol. The largest absolute Gasteiger partial charge is 0.480 e. The quantitative estimate of drug-likeness (QED) is 0.625. The first-order valence-corrected chi connectivity index (χ1v) is 8.15. The van der Waals surface area contributed by atoms with Crippen molar-refractivity contribution in [2.45, 2.75) is 19.0 Å². The Balaban J connectivity index is 1.66. The summed E-state index contributed by atoms with van der Waals surface area (Å²) in [6.07, 6.45) is 1.46. The first kappa shape index (κ1) is 18.7. The summed E-state index contributed by atoms with van der Waals surface area (Å²) in [7, 11) is 0. The number of aryl methyl sites for hydroxylation is 1. The third-order valence-electron chi connectivity index (χ3n) is 3.51. The number of hydrogen-bond acceptors (Lipinski definition) is 7. The lowest BCUT2D eigenvalue weighted by molar-refractivity contribution is -0.138. The molecule has 1 aromatic carbocycles. The first-order valence-electron chi connectivity index (χ1n) is 7.78. The smallest absolute Gasteiger partial charge is 0.320 e. The van der Waals surface area contributed by atoms with Gasteiger partial charge >= 0.3 is 5.97 Å². The molecule has 3 rings (SSSR count). The Kier molecular flexibility index (Phi) is 5.57. The van der Waals surface area contributed by atoms with Gasteiger partial charge in [0.1, 0.15) is 11.8 Å². The van der Waals surface area contributed by atoms with Crippen molar-refractivity contribution in [3.63, 3.8) is 0 Å². The maximum atomic E-state index is 13.7. The van der Waals surface area contributed by atoms with Crippen LogP contribution in [0.4, 0.5) is 4.39 Å². The van der Waals surface area contributed by atoms with Crippen LogP contribution >= 0.6 is 11.6 Å². The van der Waals surface area contributed by atoms with E-state index in [0.29, 0.717) is 17.1 Å². The van der Waals surface area contributed by atoms with Crippen molar-refractivity contribution in [2.75, 3.05) is 0 Å². The summed E-state index contributed by atoms with van der Waals surface area (Å²) in [4.78, 5) is 15.8. The summed E-state index contributed by atoms with van der Waals surface area (Å²) >= 11 is 5.65. The molecular formula is C16H14ClFN6O3. The molecule has 3 aromatic rings. The van der Waals surface area contributed by atoms with E-state index in [4.69, 9.17) is 27.2 Å². The van der Waals surface area contributed by atoms with Crippen LogP contribution in [0.15, 0.2) is 36.5 Å². The Labute approximate surface area is 157 Å². The molecule has 3 N–H and O–H groups in total. The Morgan fingerprint density at radius 2 is 2.11 bits per heavy atom. The number of halogens is 2. The third kappa shape index (κ3) is 4.74. The Morgan fingerprint density at radius 3 is 2.78 bits per heavy atom. The van der Waals surface area contributed by atoms with E-state index >= 15 is 0 Å². The number of nitrogens with two attached hydrogens (primary N) is 1. The van der Waals surface area contributed by atoms with Crippen LogP contribution in [-0.2, 0) is 11.3 Å². The van der Waals surface area contributed by atoms with Crippen LogP contribution in [0.25, 0.3) is 11.4 Å². The van der Waals surface area contributed by atoms with Crippen molar-refractivity contribution in [3.05, 3.63) is 47.4 Å². The maximum Gasteiger partial charge on any atom is 0.320 e. The Hall–Kier alpha value is -3.11. The van der Waals surface area contributed by atoms with Crippen LogP contribution in [0.2, 0.25) is 5.02 Å². The highest BCUT2D eigenvalue weighted by molar-refractivity contribution is 6.30. The second-order valence-corrected chi connectivity index (χ2v) is 5.95. The zero-order chi connectivity index (χ0) is 19.4. The first-order chi connectivity index (χ1) is 12.9. The Morgan fingerprint density at radius 1 is 1.37 bits per heavy atom. The van der Waals surface area contributed by atoms with E-state index in [2.05, 4.69) is 20.4 Å². The van der Waals surface area contributed by atoms with Gasteiger partial charge in [-0.25, -0.2) is 9.37 Å². The van der Waals surface area contributed by atoms with Gasteiger partial charge in [0.05, 0.1) is 11.6 Å². The molecule has 0 bridgehead atoms. The molecule has 0 saturated heterocycles. The zero-order valence-electron chi connectivity index (χ0n) is 13.8. The summed E-state index contributed by atoms with van der Waals surface area (Å²) < 4.78 is 19.1. The number of hydrogen-bond donors (Lipinski definition) is 2. The van der Waals surface area contributed by atoms with Crippen LogP contribution in [0, 0.1) is 5.82 Å². The fraction of sp³-hybridized carbons (Fsp3) is 0.188. The monoisotopic (exact) mass is 392 g/mol. The molecule has 0 unspecified atom stereocenters. The fourth-order valence-corrected chi connectivity index (χ4v) is 2.24. The number of benzene rings is 1. The number of nitrogens with zero attached hydrogens (tertiary/aromatic N) is 5. The van der Waals surface area contributed by atoms with Gasteiger partial charge in [-0.15, -0.1) is 10.2 Å². The molecule has 0 spiro atoms. The summed E-state index contributed by atoms with van der Waals surface area (Å²) in [5, 5.41) is 20.9. The zero-order valence-corrected chi connectivity index (χ0v) is 14.5. The number of aliphatic carboxylic acids is 1. The molecule has 0 saturated carbocycles. The minimum atomic E-state index is -1.09. The second kappa shape index (κ2) is 8.06. The van der Waals surface area contributed by atoms with E-state index in [1.807, 2.05) is 0 Å². The Bertz CT molecular complexity index is 950. The lowest BCUT2D eigenvalue weighted by Gasteiger charge is -2.06. The van der Waals surface area contributed by atoms with E-state index in [9.17, 15) is 9.18 Å². The normalized spacial score (nSPS) is 12.0. The van der Waals surface area contributed by atoms with Crippen LogP contribution < -0.4 is 10.5 Å². The predicted octanol–water partition coefficient (Wildman–Crippen LogP) is 2.12. The van der Waals surface area contributed by atoms with Gasteiger partial charge in [0.2, 0.25) is 5.82 Å². The average Bonchev–Trinajstić information content (AvgIpc) is 3.11. The summed E-state index contributed by atoms with van der Waals surface area (Å²) in [5.74, 6) is -1.23. The molecule has 2 heterocycles. The maximum absolute atomic E-state index is 13.7. The standard InChI is InChI=1S/C16H14ClFN6O3/c17-10-7-12(18)15(20-8-10)27-11-3-1-9(2-4-11)14-21-23-24(22-14)6-5-13(19)16(25)26/h1-4,7-8,13H,5-6,19H2,(H,25,26)/t13-/m0/s1. The number of carbonyl (C=O) groups is 1. The number of pyridine rings is 1. The van der Waals surface area contributed by atoms with Gasteiger partial charge in [0.25, 0.3) is 5.88 Å². The van der Waals surface area contributed by atoms with E-state index in [1.165, 1.54) is 11.0 Å². The van der Waals surface area contributed by atoms with Gasteiger partial charge in [0, 0.05) is 11.8 Å². The van der Waals surface area contributed by atoms with Gasteiger partial charge in [-0.2, -0.15) is 4.80 Å². The SMILES string of the molecule is N[C@@H](CCn1nnc(-c2ccc(Oc3ncc(Cl)cc3F)cc2)n1)C(=O)O. The van der Waals surface area contributed by atoms with E-state index < -0.39 is 17.8 Å². The molecule has 0 aliphatic heterocycles. The van der Waals surface area contributed by atoms with Gasteiger partial charge in [-0.3, -0.25) is 4.79 Å². The highest BCUT2D eigenvalue weighted by atomic mass is 35.5. The van der Waals surface area contributed by atoms with Crippen molar-refractivity contribution >= 4 is 17.6 Å². The molecule has 0 fully saturated rings. The molecule has 140 valence electrons. The third-order valence-corrected chi connectivity index (χ3v) is 3.72. The van der Waals surface area contributed by atoms with Crippen molar-refractivity contribution in [1.82, 2.24) is 25.2 Å². The number of tetrazole rings is 1. The highest BCUT2D eigenvalue weighted by Crippen LogP contribution is 2.25. The second-order valence-electron chi connectivity index (χ2n) is 5.51. The number of ether oxygens (including phenoxy) is 1. The summed E-state index contributed by atoms with van der Waals surface area (Å²) in [6, 6.07) is 6.67. The van der Waals surface area contributed by atoms with E-state index in [-0.39, 0.29) is 23.9 Å². The van der Waals surface area contributed by atoms with Crippen LogP contribution in [0.5, 0.6) is 11.6 Å². The molecule has 11 heteroatoms. The molecule has 9 nitrogen and oxygen atoms in total. The van der Waals surface area contributed by atoms with Crippen molar-refractivity contribution < 1.29 is 19.0 Å². The van der Waals surface area contributed by atoms with Gasteiger partial charge < -0.3 is 15.6 Å². The molecule has 0 aliphatic carbocycles. The van der Waals surface area contributed by atoms with E-state index in [1.54, 1.807) is 24.3 Å². The van der Waals surface area contributed by atoms with Crippen LogP contribution in [0.3, 0.4) is 0 Å². The van der Waals surface area contributed by atoms with Crippen molar-refractivity contribution in [1.29, 1.82) is 0 Å². The summed E-state index contributed by atoms with van der Waals surface area (Å²) in [6.45, 7) is 0.225. The molecule has 27 heavy (non-hydrogen) atoms. The molecule has 1 atom stereocenters. The van der Waals surface area contributed by atoms with Gasteiger partial charge in [-0.05, 0) is 42.0 Å². The molecule has 0 amide bonds. The lowest BCUT2D eigenvalue weighted by atomic mass is 10.2. The van der Waals surface area contributed by atoms with Crippen LogP contribution in [-0.4, -0.2) is 42.3 Å². The van der Waals surface area contributed by atoms with Crippen LogP contribution in [0.1, 0.15) is 6.42 Å². The predicted molar refractivity (Wildman–Crippen MR) is 92.8 cm³/mol. The topological polar surface area (TPSA) is 129 Å². The summed E-state index contributed by atoms with van der Waals surface area (Å²) in [5.41, 5.74) is 6.09. The van der Waals surface area contributed by atoms with Gasteiger partial charge in [0.15, 0.2) is 5.82 Å². The fourth-order valence-electron chi connectivity index (χ4n) is 2.09. The van der Waals surface area contributed by atoms with Crippen molar-refractivity contribution in [2.24, 2.45) is 5.73 Å². The molecule has 0 radical (unpaired) electrons. The number of carboxylic acid groups (broad SMARTS) is 1.